The molecule has 1 atom stereocenters. The molecule has 0 aromatic heterocycles. The lowest BCUT2D eigenvalue weighted by Crippen LogP contribution is -2.38. The van der Waals surface area contributed by atoms with Gasteiger partial charge in [-0.05, 0) is 38.5 Å². The summed E-state index contributed by atoms with van der Waals surface area (Å²) in [6.45, 7) is 5.38. The Kier molecular flexibility index (Phi) is 4.26. The van der Waals surface area contributed by atoms with Crippen LogP contribution < -0.4 is 5.32 Å². The first-order chi connectivity index (χ1) is 9.85. The molecule has 1 aliphatic rings. The van der Waals surface area contributed by atoms with Crippen molar-refractivity contribution in [1.82, 2.24) is 5.32 Å². The van der Waals surface area contributed by atoms with E-state index in [9.17, 15) is 9.59 Å². The molecule has 0 aliphatic heterocycles. The number of benzene rings is 1. The molecule has 2 rings (SSSR count). The van der Waals surface area contributed by atoms with E-state index in [0.717, 1.165) is 5.56 Å². The van der Waals surface area contributed by atoms with Gasteiger partial charge in [-0.15, -0.1) is 0 Å². The van der Waals surface area contributed by atoms with Crippen molar-refractivity contribution in [3.05, 3.63) is 53.6 Å². The zero-order valence-electron chi connectivity index (χ0n) is 12.4. The van der Waals surface area contributed by atoms with Gasteiger partial charge in [0.05, 0.1) is 6.04 Å². The van der Waals surface area contributed by atoms with E-state index in [4.69, 9.17) is 4.74 Å². The molecule has 0 radical (unpaired) electrons. The van der Waals surface area contributed by atoms with Gasteiger partial charge in [0, 0.05) is 5.57 Å². The number of amides is 1. The van der Waals surface area contributed by atoms with Crippen molar-refractivity contribution in [1.29, 1.82) is 0 Å². The second-order valence-electron chi connectivity index (χ2n) is 5.86. The summed E-state index contributed by atoms with van der Waals surface area (Å²) in [5, 5.41) is 2.70. The first-order valence-corrected chi connectivity index (χ1v) is 6.84. The van der Waals surface area contributed by atoms with Crippen LogP contribution in [0.1, 0.15) is 26.3 Å². The van der Waals surface area contributed by atoms with Crippen LogP contribution in [-0.2, 0) is 9.53 Å². The highest BCUT2D eigenvalue weighted by atomic mass is 16.6. The fourth-order valence-corrected chi connectivity index (χ4v) is 1.99. The van der Waals surface area contributed by atoms with Gasteiger partial charge in [0.25, 0.3) is 0 Å². The average molecular weight is 285 g/mol. The van der Waals surface area contributed by atoms with E-state index in [2.05, 4.69) is 5.32 Å². The molecule has 1 aromatic carbocycles. The van der Waals surface area contributed by atoms with E-state index in [1.807, 2.05) is 30.3 Å². The lowest BCUT2D eigenvalue weighted by atomic mass is 10.1. The van der Waals surface area contributed by atoms with Crippen LogP contribution in [0.5, 0.6) is 0 Å². The summed E-state index contributed by atoms with van der Waals surface area (Å²) in [4.78, 5) is 23.7. The lowest BCUT2D eigenvalue weighted by Gasteiger charge is -2.21. The second kappa shape index (κ2) is 5.95. The van der Waals surface area contributed by atoms with Gasteiger partial charge in [-0.3, -0.25) is 4.79 Å². The van der Waals surface area contributed by atoms with Crippen molar-refractivity contribution in [3.8, 4) is 0 Å². The molecule has 4 heteroatoms. The number of ketones is 1. The molecule has 1 aromatic rings. The molecular formula is C17H19NO3. The summed E-state index contributed by atoms with van der Waals surface area (Å²) in [5.74, 6) is -0.0973. The smallest absolute Gasteiger partial charge is 0.408 e. The number of hydrogen-bond acceptors (Lipinski definition) is 3. The molecule has 1 aliphatic carbocycles. The Hall–Kier alpha value is -2.36. The van der Waals surface area contributed by atoms with Gasteiger partial charge in [0.2, 0.25) is 0 Å². The van der Waals surface area contributed by atoms with E-state index in [0.29, 0.717) is 5.57 Å². The maximum atomic E-state index is 11.9. The normalized spacial score (nSPS) is 19.9. The Morgan fingerprint density at radius 1 is 1.24 bits per heavy atom. The number of carbonyl (C=O) groups is 2. The first kappa shape index (κ1) is 15.0. The van der Waals surface area contributed by atoms with Crippen molar-refractivity contribution in [2.45, 2.75) is 32.4 Å². The largest absolute Gasteiger partial charge is 0.444 e. The minimum Gasteiger partial charge on any atom is -0.444 e. The Bertz CT molecular complexity index is 594. The predicted molar refractivity (Wildman–Crippen MR) is 81.7 cm³/mol. The maximum Gasteiger partial charge on any atom is 0.408 e. The van der Waals surface area contributed by atoms with Gasteiger partial charge >= 0.3 is 6.09 Å². The van der Waals surface area contributed by atoms with Crippen molar-refractivity contribution in [2.75, 3.05) is 0 Å². The molecule has 110 valence electrons. The minimum atomic E-state index is -0.570. The summed E-state index contributed by atoms with van der Waals surface area (Å²) in [7, 11) is 0. The van der Waals surface area contributed by atoms with E-state index < -0.39 is 17.7 Å². The molecule has 0 bridgehead atoms. The van der Waals surface area contributed by atoms with Gasteiger partial charge in [0.15, 0.2) is 5.78 Å². The molecule has 21 heavy (non-hydrogen) atoms. The number of rotatable bonds is 2. The van der Waals surface area contributed by atoms with Crippen LogP contribution in [0.15, 0.2) is 48.1 Å². The summed E-state index contributed by atoms with van der Waals surface area (Å²) in [6, 6.07) is 9.07. The molecule has 4 nitrogen and oxygen atoms in total. The summed E-state index contributed by atoms with van der Waals surface area (Å²) in [6.07, 6.45) is 4.38. The van der Waals surface area contributed by atoms with E-state index in [-0.39, 0.29) is 5.78 Å². The number of allylic oxidation sites excluding steroid dienone is 1. The van der Waals surface area contributed by atoms with Crippen LogP contribution in [-0.4, -0.2) is 23.5 Å². The summed E-state index contributed by atoms with van der Waals surface area (Å²) in [5.41, 5.74) is 0.882. The van der Waals surface area contributed by atoms with Gasteiger partial charge in [-0.25, -0.2) is 4.79 Å². The van der Waals surface area contributed by atoms with E-state index in [1.165, 1.54) is 6.08 Å². The molecule has 0 spiro atoms. The van der Waals surface area contributed by atoms with Gasteiger partial charge < -0.3 is 10.1 Å². The Morgan fingerprint density at radius 3 is 2.52 bits per heavy atom. The molecule has 0 heterocycles. The number of nitrogens with one attached hydrogen (secondary N) is 1. The monoisotopic (exact) mass is 285 g/mol. The first-order valence-electron chi connectivity index (χ1n) is 6.84. The highest BCUT2D eigenvalue weighted by Crippen LogP contribution is 2.19. The van der Waals surface area contributed by atoms with Crippen molar-refractivity contribution in [3.63, 3.8) is 0 Å². The van der Waals surface area contributed by atoms with Crippen LogP contribution in [0.3, 0.4) is 0 Å². The number of ether oxygens (including phenoxy) is 1. The summed E-state index contributed by atoms with van der Waals surface area (Å²) < 4.78 is 5.21. The topological polar surface area (TPSA) is 55.4 Å². The predicted octanol–water partition coefficient (Wildman–Crippen LogP) is 3.10. The van der Waals surface area contributed by atoms with Crippen LogP contribution in [0.2, 0.25) is 0 Å². The highest BCUT2D eigenvalue weighted by molar-refractivity contribution is 6.11. The standard InChI is InChI=1S/C17H19NO3/c1-17(2,3)21-16(20)18-14-9-10-15(19)13(14)11-12-7-5-4-6-8-12/h4-11,14H,1-3H3,(H,18,20)/b13-11+. The van der Waals surface area contributed by atoms with Gasteiger partial charge in [-0.1, -0.05) is 36.4 Å². The van der Waals surface area contributed by atoms with E-state index >= 15 is 0 Å². The third-order valence-electron chi connectivity index (χ3n) is 2.85. The van der Waals surface area contributed by atoms with Crippen LogP contribution in [0.25, 0.3) is 6.08 Å². The average Bonchev–Trinajstić information content (AvgIpc) is 2.70. The molecule has 1 amide bonds. The zero-order chi connectivity index (χ0) is 15.5. The number of hydrogen-bond donors (Lipinski definition) is 1. The third kappa shape index (κ3) is 4.31. The Morgan fingerprint density at radius 2 is 1.90 bits per heavy atom. The van der Waals surface area contributed by atoms with Crippen molar-refractivity contribution >= 4 is 18.0 Å². The molecule has 1 unspecified atom stereocenters. The SMILES string of the molecule is CC(C)(C)OC(=O)NC1C=CC(=O)/C1=C/c1ccccc1. The second-order valence-corrected chi connectivity index (χ2v) is 5.86. The maximum absolute atomic E-state index is 11.9. The highest BCUT2D eigenvalue weighted by Gasteiger charge is 2.26. The lowest BCUT2D eigenvalue weighted by molar-refractivity contribution is -0.111. The van der Waals surface area contributed by atoms with Crippen LogP contribution >= 0.6 is 0 Å². The Balaban J connectivity index is 2.12. The third-order valence-corrected chi connectivity index (χ3v) is 2.85. The summed E-state index contributed by atoms with van der Waals surface area (Å²) >= 11 is 0. The molecule has 0 fully saturated rings. The zero-order valence-corrected chi connectivity index (χ0v) is 12.4. The minimum absolute atomic E-state index is 0.0973. The van der Waals surface area contributed by atoms with Crippen LogP contribution in [0.4, 0.5) is 4.79 Å². The van der Waals surface area contributed by atoms with E-state index in [1.54, 1.807) is 32.9 Å². The van der Waals surface area contributed by atoms with Gasteiger partial charge in [0.1, 0.15) is 5.60 Å². The van der Waals surface area contributed by atoms with Gasteiger partial charge in [-0.2, -0.15) is 0 Å². The number of carbonyl (C=O) groups excluding carboxylic acids is 2. The molecular weight excluding hydrogens is 266 g/mol. The Labute approximate surface area is 124 Å². The van der Waals surface area contributed by atoms with Crippen molar-refractivity contribution in [2.24, 2.45) is 0 Å². The van der Waals surface area contributed by atoms with Crippen molar-refractivity contribution < 1.29 is 14.3 Å². The molecule has 0 saturated carbocycles. The number of alkyl carbamates (subject to hydrolysis) is 1. The van der Waals surface area contributed by atoms with Crippen LogP contribution in [0, 0.1) is 0 Å². The molecule has 0 saturated heterocycles. The quantitative estimate of drug-likeness (QED) is 0.849. The fraction of sp³-hybridized carbons (Fsp3) is 0.294. The fourth-order valence-electron chi connectivity index (χ4n) is 1.99. The molecule has 1 N–H and O–H groups in total.